The van der Waals surface area contributed by atoms with Gasteiger partial charge in [-0.25, -0.2) is 0 Å². The fourth-order valence-corrected chi connectivity index (χ4v) is 3.27. The average Bonchev–Trinajstić information content (AvgIpc) is 2.79. The lowest BCUT2D eigenvalue weighted by Gasteiger charge is -2.20. The van der Waals surface area contributed by atoms with E-state index in [-0.39, 0.29) is 11.6 Å². The van der Waals surface area contributed by atoms with Gasteiger partial charge in [-0.15, -0.1) is 0 Å². The summed E-state index contributed by atoms with van der Waals surface area (Å²) in [5.41, 5.74) is 1.55. The third kappa shape index (κ3) is 2.94. The Balaban J connectivity index is 2.28. The number of benzene rings is 2. The molecule has 0 saturated heterocycles. The summed E-state index contributed by atoms with van der Waals surface area (Å²) in [5, 5.41) is 11.7. The number of non-ortho nitro benzene ring substituents is 1. The number of amides is 1. The number of nitro groups is 1. The van der Waals surface area contributed by atoms with Crippen LogP contribution < -0.4 is 4.90 Å². The molecule has 1 aliphatic rings. The van der Waals surface area contributed by atoms with Gasteiger partial charge in [0.2, 0.25) is 0 Å². The minimum absolute atomic E-state index is 0.0942. The van der Waals surface area contributed by atoms with Crippen molar-refractivity contribution in [2.75, 3.05) is 19.0 Å². The van der Waals surface area contributed by atoms with Crippen molar-refractivity contribution < 1.29 is 9.72 Å². The van der Waals surface area contributed by atoms with Crippen molar-refractivity contribution >= 4 is 51.7 Å². The summed E-state index contributed by atoms with van der Waals surface area (Å²) >= 11 is 12.5. The number of hydrogen-bond acceptors (Lipinski definition) is 4. The molecule has 0 spiro atoms. The summed E-state index contributed by atoms with van der Waals surface area (Å²) in [7, 11) is 3.53. The molecule has 0 fully saturated rings. The van der Waals surface area contributed by atoms with Gasteiger partial charge in [-0.2, -0.15) is 0 Å². The predicted octanol–water partition coefficient (Wildman–Crippen LogP) is 4.48. The summed E-state index contributed by atoms with van der Waals surface area (Å²) < 4.78 is 0. The Labute approximate surface area is 154 Å². The van der Waals surface area contributed by atoms with E-state index in [1.807, 2.05) is 0 Å². The number of anilines is 2. The first-order valence-corrected chi connectivity index (χ1v) is 8.02. The Kier molecular flexibility index (Phi) is 4.41. The summed E-state index contributed by atoms with van der Waals surface area (Å²) in [5.74, 6) is -0.348. The summed E-state index contributed by atoms with van der Waals surface area (Å²) in [6, 6.07) is 9.21. The Morgan fingerprint density at radius 2 is 1.80 bits per heavy atom. The normalized spacial score (nSPS) is 14.8. The van der Waals surface area contributed by atoms with E-state index in [9.17, 15) is 14.9 Å². The molecule has 1 amide bonds. The van der Waals surface area contributed by atoms with Crippen molar-refractivity contribution in [3.05, 3.63) is 68.3 Å². The number of fused-ring (bicyclic) bond motifs is 1. The monoisotopic (exact) mass is 377 g/mol. The maximum atomic E-state index is 13.0. The number of carbonyl (C=O) groups is 1. The van der Waals surface area contributed by atoms with Crippen LogP contribution in [-0.2, 0) is 4.79 Å². The molecule has 1 heterocycles. The van der Waals surface area contributed by atoms with Crippen LogP contribution in [0, 0.1) is 10.1 Å². The molecule has 25 heavy (non-hydrogen) atoms. The number of nitrogens with zero attached hydrogens (tertiary/aromatic N) is 3. The standard InChI is InChI=1S/C17H13Cl2N3O3/c1-20(2)9-12-11-8-10(22(24)25)6-7-15(11)21(17(12)23)16-13(18)4-3-5-14(16)19/h3-9H,1-2H3/b12-9+. The van der Waals surface area contributed by atoms with E-state index in [0.717, 1.165) is 0 Å². The first-order chi connectivity index (χ1) is 11.8. The van der Waals surface area contributed by atoms with Gasteiger partial charge in [-0.3, -0.25) is 19.8 Å². The highest BCUT2D eigenvalue weighted by Gasteiger charge is 2.37. The SMILES string of the molecule is CN(C)/C=C1/C(=O)N(c2c(Cl)cccc2Cl)c2ccc([N+](=O)[O-])cc21. The van der Waals surface area contributed by atoms with E-state index >= 15 is 0 Å². The molecule has 3 rings (SSSR count). The van der Waals surface area contributed by atoms with Crippen LogP contribution in [0.5, 0.6) is 0 Å². The molecule has 8 heteroatoms. The van der Waals surface area contributed by atoms with Gasteiger partial charge in [0.05, 0.1) is 31.9 Å². The van der Waals surface area contributed by atoms with Crippen LogP contribution in [-0.4, -0.2) is 29.8 Å². The Bertz CT molecular complexity index is 905. The largest absolute Gasteiger partial charge is 0.383 e. The third-order valence-corrected chi connectivity index (χ3v) is 4.31. The fraction of sp³-hybridized carbons (Fsp3) is 0.118. The van der Waals surface area contributed by atoms with Crippen molar-refractivity contribution in [2.24, 2.45) is 0 Å². The van der Waals surface area contributed by atoms with E-state index in [1.54, 1.807) is 43.4 Å². The van der Waals surface area contributed by atoms with Crippen LogP contribution in [0.15, 0.2) is 42.6 Å². The smallest absolute Gasteiger partial charge is 0.270 e. The predicted molar refractivity (Wildman–Crippen MR) is 98.4 cm³/mol. The topological polar surface area (TPSA) is 66.7 Å². The van der Waals surface area contributed by atoms with Gasteiger partial charge < -0.3 is 4.90 Å². The molecule has 0 bridgehead atoms. The zero-order valence-corrected chi connectivity index (χ0v) is 14.9. The van der Waals surface area contributed by atoms with Gasteiger partial charge in [0, 0.05) is 38.0 Å². The summed E-state index contributed by atoms with van der Waals surface area (Å²) in [6.07, 6.45) is 1.62. The van der Waals surface area contributed by atoms with Gasteiger partial charge in [-0.1, -0.05) is 29.3 Å². The van der Waals surface area contributed by atoms with E-state index in [0.29, 0.717) is 32.6 Å². The quantitative estimate of drug-likeness (QED) is 0.449. The van der Waals surface area contributed by atoms with Crippen LogP contribution in [0.3, 0.4) is 0 Å². The lowest BCUT2D eigenvalue weighted by Crippen LogP contribution is -2.22. The molecule has 0 N–H and O–H groups in total. The Morgan fingerprint density at radius 1 is 1.16 bits per heavy atom. The van der Waals surface area contributed by atoms with E-state index < -0.39 is 4.92 Å². The molecular formula is C17H13Cl2N3O3. The van der Waals surface area contributed by atoms with Crippen LogP contribution in [0.1, 0.15) is 5.56 Å². The second-order valence-corrected chi connectivity index (χ2v) is 6.49. The van der Waals surface area contributed by atoms with E-state index in [4.69, 9.17) is 23.2 Å². The lowest BCUT2D eigenvalue weighted by molar-refractivity contribution is -0.384. The first kappa shape index (κ1) is 17.3. The van der Waals surface area contributed by atoms with E-state index in [1.165, 1.54) is 23.1 Å². The molecule has 0 unspecified atom stereocenters. The number of halogens is 2. The molecular weight excluding hydrogens is 365 g/mol. The molecule has 128 valence electrons. The van der Waals surface area contributed by atoms with Gasteiger partial charge in [0.25, 0.3) is 11.6 Å². The second kappa shape index (κ2) is 6.38. The zero-order valence-electron chi connectivity index (χ0n) is 13.4. The molecule has 2 aromatic carbocycles. The van der Waals surface area contributed by atoms with Crippen molar-refractivity contribution in [1.29, 1.82) is 0 Å². The zero-order chi connectivity index (χ0) is 18.3. The minimum atomic E-state index is -0.497. The van der Waals surface area contributed by atoms with Crippen molar-refractivity contribution in [3.8, 4) is 0 Å². The number of para-hydroxylation sites is 1. The minimum Gasteiger partial charge on any atom is -0.383 e. The van der Waals surface area contributed by atoms with Gasteiger partial charge in [0.1, 0.15) is 0 Å². The molecule has 0 aromatic heterocycles. The van der Waals surface area contributed by atoms with Crippen molar-refractivity contribution in [3.63, 3.8) is 0 Å². The second-order valence-electron chi connectivity index (χ2n) is 5.68. The average molecular weight is 378 g/mol. The van der Waals surface area contributed by atoms with E-state index in [2.05, 4.69) is 0 Å². The maximum absolute atomic E-state index is 13.0. The third-order valence-electron chi connectivity index (χ3n) is 3.70. The van der Waals surface area contributed by atoms with Gasteiger partial charge in [-0.05, 0) is 18.2 Å². The van der Waals surface area contributed by atoms with Crippen LogP contribution >= 0.6 is 23.2 Å². The summed E-state index contributed by atoms with van der Waals surface area (Å²) in [6.45, 7) is 0. The number of rotatable bonds is 3. The maximum Gasteiger partial charge on any atom is 0.270 e. The summed E-state index contributed by atoms with van der Waals surface area (Å²) in [4.78, 5) is 26.7. The lowest BCUT2D eigenvalue weighted by atomic mass is 10.1. The molecule has 0 aliphatic carbocycles. The molecule has 6 nitrogen and oxygen atoms in total. The molecule has 0 radical (unpaired) electrons. The van der Waals surface area contributed by atoms with Crippen LogP contribution in [0.2, 0.25) is 10.0 Å². The van der Waals surface area contributed by atoms with Crippen LogP contribution in [0.25, 0.3) is 5.57 Å². The highest BCUT2D eigenvalue weighted by Crippen LogP contribution is 2.47. The first-order valence-electron chi connectivity index (χ1n) is 7.27. The number of hydrogen-bond donors (Lipinski definition) is 0. The molecule has 2 aromatic rings. The highest BCUT2D eigenvalue weighted by atomic mass is 35.5. The van der Waals surface area contributed by atoms with Crippen molar-refractivity contribution in [2.45, 2.75) is 0 Å². The Morgan fingerprint density at radius 3 is 2.36 bits per heavy atom. The van der Waals surface area contributed by atoms with Crippen molar-refractivity contribution in [1.82, 2.24) is 4.90 Å². The number of nitro benzene ring substituents is 1. The molecule has 1 aliphatic heterocycles. The highest BCUT2D eigenvalue weighted by molar-refractivity contribution is 6.43. The van der Waals surface area contributed by atoms with Crippen LogP contribution in [0.4, 0.5) is 17.1 Å². The molecule has 0 atom stereocenters. The fourth-order valence-electron chi connectivity index (χ4n) is 2.70. The van der Waals surface area contributed by atoms with Gasteiger partial charge in [0.15, 0.2) is 0 Å². The Hall–Kier alpha value is -2.57. The molecule has 0 saturated carbocycles. The van der Waals surface area contributed by atoms with Gasteiger partial charge >= 0.3 is 0 Å². The number of carbonyl (C=O) groups excluding carboxylic acids is 1.